The summed E-state index contributed by atoms with van der Waals surface area (Å²) in [5, 5.41) is 0. The standard InChI is InChI=1S/C15H19N3O4/c1-18-13(19)7-12(14(18)10-3-2-5-16-8-10)15(20)17-22-11-4-6-21-9-11/h2-3,5,8,11-12,14H,4,6-7,9H2,1H3,(H,17,20). The molecule has 22 heavy (non-hydrogen) atoms. The molecule has 7 nitrogen and oxygen atoms in total. The Morgan fingerprint density at radius 2 is 2.41 bits per heavy atom. The number of likely N-dealkylation sites (tertiary alicyclic amines) is 1. The monoisotopic (exact) mass is 305 g/mol. The van der Waals surface area contributed by atoms with Crippen LogP contribution in [0.1, 0.15) is 24.4 Å². The van der Waals surface area contributed by atoms with Crippen molar-refractivity contribution >= 4 is 11.8 Å². The highest BCUT2D eigenvalue weighted by Gasteiger charge is 2.43. The van der Waals surface area contributed by atoms with Gasteiger partial charge in [-0.1, -0.05) is 6.07 Å². The SMILES string of the molecule is CN1C(=O)CC(C(=O)NOC2CCOC2)C1c1cccnc1. The Kier molecular flexibility index (Phi) is 4.35. The predicted molar refractivity (Wildman–Crippen MR) is 76.3 cm³/mol. The van der Waals surface area contributed by atoms with E-state index >= 15 is 0 Å². The van der Waals surface area contributed by atoms with E-state index in [0.29, 0.717) is 13.2 Å². The number of amides is 2. The molecule has 0 spiro atoms. The molecule has 1 aromatic heterocycles. The first-order valence-corrected chi connectivity index (χ1v) is 7.35. The zero-order chi connectivity index (χ0) is 15.5. The van der Waals surface area contributed by atoms with E-state index < -0.39 is 5.92 Å². The summed E-state index contributed by atoms with van der Waals surface area (Å²) < 4.78 is 5.19. The maximum absolute atomic E-state index is 12.4. The summed E-state index contributed by atoms with van der Waals surface area (Å²) in [6.45, 7) is 1.12. The molecular weight excluding hydrogens is 286 g/mol. The largest absolute Gasteiger partial charge is 0.379 e. The van der Waals surface area contributed by atoms with Crippen molar-refractivity contribution < 1.29 is 19.2 Å². The number of hydrogen-bond donors (Lipinski definition) is 1. The highest BCUT2D eigenvalue weighted by atomic mass is 16.7. The number of hydrogen-bond acceptors (Lipinski definition) is 5. The second kappa shape index (κ2) is 6.41. The zero-order valence-corrected chi connectivity index (χ0v) is 12.4. The van der Waals surface area contributed by atoms with Crippen LogP contribution in [-0.4, -0.2) is 48.1 Å². The van der Waals surface area contributed by atoms with E-state index in [1.807, 2.05) is 6.07 Å². The van der Waals surface area contributed by atoms with Gasteiger partial charge in [-0.05, 0) is 11.6 Å². The molecule has 1 aromatic rings. The number of ether oxygens (including phenoxy) is 1. The number of hydroxylamine groups is 1. The number of nitrogens with one attached hydrogen (secondary N) is 1. The molecule has 0 aliphatic carbocycles. The van der Waals surface area contributed by atoms with Crippen molar-refractivity contribution in [3.63, 3.8) is 0 Å². The number of aromatic nitrogens is 1. The Balaban J connectivity index is 1.69. The first-order chi connectivity index (χ1) is 10.7. The van der Waals surface area contributed by atoms with Gasteiger partial charge in [0, 0.05) is 38.9 Å². The quantitative estimate of drug-likeness (QED) is 0.816. The van der Waals surface area contributed by atoms with Crippen molar-refractivity contribution in [3.05, 3.63) is 30.1 Å². The van der Waals surface area contributed by atoms with Crippen molar-refractivity contribution in [1.29, 1.82) is 0 Å². The average molecular weight is 305 g/mol. The minimum atomic E-state index is -0.482. The highest BCUT2D eigenvalue weighted by Crippen LogP contribution is 2.36. The summed E-state index contributed by atoms with van der Waals surface area (Å²) in [7, 11) is 1.71. The Morgan fingerprint density at radius 3 is 3.09 bits per heavy atom. The molecule has 2 aliphatic heterocycles. The van der Waals surface area contributed by atoms with Crippen LogP contribution in [0.25, 0.3) is 0 Å². The molecule has 0 radical (unpaired) electrons. The fourth-order valence-electron chi connectivity index (χ4n) is 2.93. The third-order valence-electron chi connectivity index (χ3n) is 4.16. The minimum absolute atomic E-state index is 0.0572. The summed E-state index contributed by atoms with van der Waals surface area (Å²) in [6.07, 6.45) is 4.17. The third-order valence-corrected chi connectivity index (χ3v) is 4.16. The van der Waals surface area contributed by atoms with Crippen LogP contribution in [0.15, 0.2) is 24.5 Å². The van der Waals surface area contributed by atoms with Gasteiger partial charge in [-0.15, -0.1) is 0 Å². The summed E-state index contributed by atoms with van der Waals surface area (Å²) >= 11 is 0. The van der Waals surface area contributed by atoms with Crippen LogP contribution in [0, 0.1) is 5.92 Å². The molecular formula is C15H19N3O4. The van der Waals surface area contributed by atoms with Crippen molar-refractivity contribution in [2.45, 2.75) is 25.0 Å². The minimum Gasteiger partial charge on any atom is -0.379 e. The van der Waals surface area contributed by atoms with Crippen LogP contribution in [0.5, 0.6) is 0 Å². The van der Waals surface area contributed by atoms with Gasteiger partial charge in [-0.2, -0.15) is 0 Å². The van der Waals surface area contributed by atoms with Crippen LogP contribution < -0.4 is 5.48 Å². The summed E-state index contributed by atoms with van der Waals surface area (Å²) in [6, 6.07) is 3.36. The molecule has 2 saturated heterocycles. The maximum atomic E-state index is 12.4. The molecule has 0 bridgehead atoms. The molecule has 2 aliphatic rings. The Bertz CT molecular complexity index is 545. The molecule has 3 rings (SSSR count). The second-order valence-electron chi connectivity index (χ2n) is 5.62. The van der Waals surface area contributed by atoms with Crippen LogP contribution in [0.3, 0.4) is 0 Å². The van der Waals surface area contributed by atoms with Crippen molar-refractivity contribution in [2.75, 3.05) is 20.3 Å². The molecule has 118 valence electrons. The maximum Gasteiger partial charge on any atom is 0.249 e. The van der Waals surface area contributed by atoms with Crippen LogP contribution in [-0.2, 0) is 19.2 Å². The summed E-state index contributed by atoms with van der Waals surface area (Å²) in [5.74, 6) is -0.819. The van der Waals surface area contributed by atoms with Gasteiger partial charge in [-0.3, -0.25) is 19.4 Å². The Morgan fingerprint density at radius 1 is 1.55 bits per heavy atom. The molecule has 3 heterocycles. The van der Waals surface area contributed by atoms with Crippen molar-refractivity contribution in [3.8, 4) is 0 Å². The lowest BCUT2D eigenvalue weighted by molar-refractivity contribution is -0.143. The summed E-state index contributed by atoms with van der Waals surface area (Å²) in [5.41, 5.74) is 3.34. The summed E-state index contributed by atoms with van der Waals surface area (Å²) in [4.78, 5) is 35.4. The molecule has 3 atom stereocenters. The van der Waals surface area contributed by atoms with E-state index in [9.17, 15) is 9.59 Å². The van der Waals surface area contributed by atoms with Crippen LogP contribution in [0.2, 0.25) is 0 Å². The van der Waals surface area contributed by atoms with Gasteiger partial charge in [0.15, 0.2) is 0 Å². The topological polar surface area (TPSA) is 80.8 Å². The molecule has 1 N–H and O–H groups in total. The van der Waals surface area contributed by atoms with Gasteiger partial charge < -0.3 is 9.64 Å². The van der Waals surface area contributed by atoms with Gasteiger partial charge in [-0.25, -0.2) is 5.48 Å². The van der Waals surface area contributed by atoms with Crippen molar-refractivity contribution in [1.82, 2.24) is 15.4 Å². The normalized spacial score (nSPS) is 28.1. The number of pyridine rings is 1. The predicted octanol–water partition coefficient (Wildman–Crippen LogP) is 0.438. The number of carbonyl (C=O) groups is 2. The van der Waals surface area contributed by atoms with Gasteiger partial charge >= 0.3 is 0 Å². The van der Waals surface area contributed by atoms with E-state index in [2.05, 4.69) is 10.5 Å². The van der Waals surface area contributed by atoms with E-state index in [0.717, 1.165) is 12.0 Å². The van der Waals surface area contributed by atoms with E-state index in [1.54, 1.807) is 30.4 Å². The van der Waals surface area contributed by atoms with Crippen LogP contribution >= 0.6 is 0 Å². The lowest BCUT2D eigenvalue weighted by Crippen LogP contribution is -2.37. The van der Waals surface area contributed by atoms with Gasteiger partial charge in [0.1, 0.15) is 6.10 Å². The van der Waals surface area contributed by atoms with E-state index in [4.69, 9.17) is 9.57 Å². The van der Waals surface area contributed by atoms with Gasteiger partial charge in [0.25, 0.3) is 0 Å². The fourth-order valence-corrected chi connectivity index (χ4v) is 2.93. The number of nitrogens with zero attached hydrogens (tertiary/aromatic N) is 2. The first-order valence-electron chi connectivity index (χ1n) is 7.35. The molecule has 2 amide bonds. The van der Waals surface area contributed by atoms with E-state index in [1.165, 1.54) is 0 Å². The first kappa shape index (κ1) is 14.9. The number of carbonyl (C=O) groups excluding carboxylic acids is 2. The Labute approximate surface area is 128 Å². The highest BCUT2D eigenvalue weighted by molar-refractivity contribution is 5.89. The van der Waals surface area contributed by atoms with Crippen molar-refractivity contribution in [2.24, 2.45) is 5.92 Å². The van der Waals surface area contributed by atoms with Gasteiger partial charge in [0.05, 0.1) is 18.6 Å². The second-order valence-corrected chi connectivity index (χ2v) is 5.62. The Hall–Kier alpha value is -1.99. The lowest BCUT2D eigenvalue weighted by atomic mass is 9.94. The lowest BCUT2D eigenvalue weighted by Gasteiger charge is -2.24. The molecule has 3 unspecified atom stereocenters. The molecule has 0 aromatic carbocycles. The number of rotatable bonds is 4. The third kappa shape index (κ3) is 2.95. The molecule has 0 saturated carbocycles. The van der Waals surface area contributed by atoms with E-state index in [-0.39, 0.29) is 30.4 Å². The zero-order valence-electron chi connectivity index (χ0n) is 12.4. The smallest absolute Gasteiger partial charge is 0.249 e. The van der Waals surface area contributed by atoms with Crippen LogP contribution in [0.4, 0.5) is 0 Å². The molecule has 2 fully saturated rings. The molecule has 7 heteroatoms. The fraction of sp³-hybridized carbons (Fsp3) is 0.533. The van der Waals surface area contributed by atoms with Gasteiger partial charge in [0.2, 0.25) is 11.8 Å². The average Bonchev–Trinajstić information content (AvgIpc) is 3.15.